The lowest BCUT2D eigenvalue weighted by Gasteiger charge is -2.29. The Kier molecular flexibility index (Phi) is 4.87. The van der Waals surface area contributed by atoms with E-state index in [0.29, 0.717) is 36.5 Å². The van der Waals surface area contributed by atoms with Crippen LogP contribution in [-0.4, -0.2) is 46.1 Å². The van der Waals surface area contributed by atoms with Gasteiger partial charge in [-0.2, -0.15) is 0 Å². The summed E-state index contributed by atoms with van der Waals surface area (Å²) in [5, 5.41) is 3.43. The van der Waals surface area contributed by atoms with Crippen molar-refractivity contribution in [3.8, 4) is 17.2 Å². The molecule has 0 spiro atoms. The number of para-hydroxylation sites is 1. The van der Waals surface area contributed by atoms with Gasteiger partial charge in [-0.05, 0) is 19.1 Å². The second-order valence-electron chi connectivity index (χ2n) is 4.60. The van der Waals surface area contributed by atoms with Crippen molar-refractivity contribution >= 4 is 0 Å². The highest BCUT2D eigenvalue weighted by molar-refractivity contribution is 5.51. The molecule has 106 valence electrons. The minimum absolute atomic E-state index is 0.179. The number of methoxy groups -OCH3 is 2. The molecule has 1 fully saturated rings. The Balaban J connectivity index is 2.01. The summed E-state index contributed by atoms with van der Waals surface area (Å²) in [6, 6.07) is 6.10. The fraction of sp³-hybridized carbons (Fsp3) is 0.571. The van der Waals surface area contributed by atoms with Gasteiger partial charge in [0.25, 0.3) is 0 Å². The summed E-state index contributed by atoms with van der Waals surface area (Å²) in [7, 11) is 3.23. The SMILES string of the molecule is COc1cccc(OC)c1OCC1COCC(C)N1. The predicted octanol–water partition coefficient (Wildman–Crippen LogP) is 1.46. The molecule has 5 heteroatoms. The monoisotopic (exact) mass is 267 g/mol. The largest absolute Gasteiger partial charge is 0.493 e. The topological polar surface area (TPSA) is 49.0 Å². The molecule has 0 amide bonds. The van der Waals surface area contributed by atoms with E-state index in [2.05, 4.69) is 12.2 Å². The van der Waals surface area contributed by atoms with E-state index in [1.807, 2.05) is 18.2 Å². The van der Waals surface area contributed by atoms with Gasteiger partial charge >= 0.3 is 0 Å². The molecular weight excluding hydrogens is 246 g/mol. The van der Waals surface area contributed by atoms with Gasteiger partial charge in [0.2, 0.25) is 5.75 Å². The number of nitrogens with one attached hydrogen (secondary N) is 1. The quantitative estimate of drug-likeness (QED) is 0.875. The van der Waals surface area contributed by atoms with E-state index in [1.165, 1.54) is 0 Å². The summed E-state index contributed by atoms with van der Waals surface area (Å²) < 4.78 is 21.9. The fourth-order valence-corrected chi connectivity index (χ4v) is 2.13. The van der Waals surface area contributed by atoms with Crippen LogP contribution in [0.3, 0.4) is 0 Å². The normalized spacial score (nSPS) is 22.9. The van der Waals surface area contributed by atoms with Gasteiger partial charge in [0.1, 0.15) is 6.61 Å². The van der Waals surface area contributed by atoms with Crippen molar-refractivity contribution in [2.75, 3.05) is 34.0 Å². The number of hydrogen-bond acceptors (Lipinski definition) is 5. The molecular formula is C14H21NO4. The van der Waals surface area contributed by atoms with Crippen molar-refractivity contribution in [3.63, 3.8) is 0 Å². The van der Waals surface area contributed by atoms with Crippen molar-refractivity contribution in [1.29, 1.82) is 0 Å². The number of ether oxygens (including phenoxy) is 4. The summed E-state index contributed by atoms with van der Waals surface area (Å²) in [5.41, 5.74) is 0. The molecule has 1 heterocycles. The highest BCUT2D eigenvalue weighted by atomic mass is 16.5. The van der Waals surface area contributed by atoms with Crippen LogP contribution in [0.1, 0.15) is 6.92 Å². The molecule has 1 N–H and O–H groups in total. The Morgan fingerprint density at radius 2 is 1.89 bits per heavy atom. The number of hydrogen-bond donors (Lipinski definition) is 1. The average molecular weight is 267 g/mol. The maximum Gasteiger partial charge on any atom is 0.203 e. The molecule has 5 nitrogen and oxygen atoms in total. The highest BCUT2D eigenvalue weighted by Crippen LogP contribution is 2.36. The van der Waals surface area contributed by atoms with Gasteiger partial charge < -0.3 is 24.3 Å². The zero-order valence-electron chi connectivity index (χ0n) is 11.6. The Hall–Kier alpha value is -1.46. The van der Waals surface area contributed by atoms with Gasteiger partial charge in [0.05, 0.1) is 33.5 Å². The lowest BCUT2D eigenvalue weighted by Crippen LogP contribution is -2.50. The third kappa shape index (κ3) is 3.52. The minimum Gasteiger partial charge on any atom is -0.493 e. The first-order valence-electron chi connectivity index (χ1n) is 6.42. The molecule has 1 aromatic rings. The van der Waals surface area contributed by atoms with Crippen LogP contribution in [0.25, 0.3) is 0 Å². The van der Waals surface area contributed by atoms with Crippen molar-refractivity contribution in [2.24, 2.45) is 0 Å². The average Bonchev–Trinajstić information content (AvgIpc) is 2.44. The van der Waals surface area contributed by atoms with E-state index in [4.69, 9.17) is 18.9 Å². The minimum atomic E-state index is 0.179. The van der Waals surface area contributed by atoms with Crippen LogP contribution in [0.5, 0.6) is 17.2 Å². The molecule has 1 aromatic carbocycles. The van der Waals surface area contributed by atoms with Crippen molar-refractivity contribution < 1.29 is 18.9 Å². The Morgan fingerprint density at radius 1 is 1.21 bits per heavy atom. The molecule has 2 atom stereocenters. The fourth-order valence-electron chi connectivity index (χ4n) is 2.13. The van der Waals surface area contributed by atoms with E-state index in [1.54, 1.807) is 14.2 Å². The predicted molar refractivity (Wildman–Crippen MR) is 72.2 cm³/mol. The molecule has 0 saturated carbocycles. The number of rotatable bonds is 5. The molecule has 19 heavy (non-hydrogen) atoms. The molecule has 0 aromatic heterocycles. The molecule has 1 aliphatic heterocycles. The summed E-state index contributed by atoms with van der Waals surface area (Å²) in [4.78, 5) is 0. The third-order valence-electron chi connectivity index (χ3n) is 3.02. The molecule has 2 rings (SSSR count). The summed E-state index contributed by atoms with van der Waals surface area (Å²) in [5.74, 6) is 1.97. The molecule has 0 aliphatic carbocycles. The van der Waals surface area contributed by atoms with Crippen LogP contribution < -0.4 is 19.5 Å². The van der Waals surface area contributed by atoms with Crippen LogP contribution in [0, 0.1) is 0 Å². The highest BCUT2D eigenvalue weighted by Gasteiger charge is 2.20. The van der Waals surface area contributed by atoms with Crippen LogP contribution in [0.4, 0.5) is 0 Å². The van der Waals surface area contributed by atoms with Crippen molar-refractivity contribution in [3.05, 3.63) is 18.2 Å². The van der Waals surface area contributed by atoms with Crippen LogP contribution in [-0.2, 0) is 4.74 Å². The first kappa shape index (κ1) is 14.0. The Morgan fingerprint density at radius 3 is 2.47 bits per heavy atom. The Labute approximate surface area is 113 Å². The molecule has 1 aliphatic rings. The van der Waals surface area contributed by atoms with Crippen molar-refractivity contribution in [1.82, 2.24) is 5.32 Å². The van der Waals surface area contributed by atoms with Gasteiger partial charge in [-0.1, -0.05) is 6.07 Å². The van der Waals surface area contributed by atoms with E-state index in [-0.39, 0.29) is 6.04 Å². The van der Waals surface area contributed by atoms with E-state index >= 15 is 0 Å². The van der Waals surface area contributed by atoms with E-state index in [9.17, 15) is 0 Å². The van der Waals surface area contributed by atoms with Crippen LogP contribution in [0.15, 0.2) is 18.2 Å². The second-order valence-corrected chi connectivity index (χ2v) is 4.60. The molecule has 0 bridgehead atoms. The number of benzene rings is 1. The Bertz CT molecular complexity index is 388. The van der Waals surface area contributed by atoms with E-state index in [0.717, 1.165) is 6.61 Å². The smallest absolute Gasteiger partial charge is 0.203 e. The standard InChI is InChI=1S/C14H21NO4/c1-10-7-18-8-11(15-10)9-19-14-12(16-2)5-4-6-13(14)17-3/h4-6,10-11,15H,7-9H2,1-3H3. The summed E-state index contributed by atoms with van der Waals surface area (Å²) in [6.07, 6.45) is 0. The maximum atomic E-state index is 5.85. The van der Waals surface area contributed by atoms with Gasteiger partial charge in [0, 0.05) is 6.04 Å². The summed E-state index contributed by atoms with van der Waals surface area (Å²) in [6.45, 7) is 4.01. The van der Waals surface area contributed by atoms with Gasteiger partial charge in [-0.15, -0.1) is 0 Å². The van der Waals surface area contributed by atoms with Crippen molar-refractivity contribution in [2.45, 2.75) is 19.0 Å². The number of morpholine rings is 1. The first-order valence-corrected chi connectivity index (χ1v) is 6.42. The molecule has 1 saturated heterocycles. The van der Waals surface area contributed by atoms with Crippen LogP contribution in [0.2, 0.25) is 0 Å². The maximum absolute atomic E-state index is 5.85. The van der Waals surface area contributed by atoms with E-state index < -0.39 is 0 Å². The lowest BCUT2D eigenvalue weighted by atomic mass is 10.2. The summed E-state index contributed by atoms with van der Waals surface area (Å²) >= 11 is 0. The second kappa shape index (κ2) is 6.63. The molecule has 2 unspecified atom stereocenters. The lowest BCUT2D eigenvalue weighted by molar-refractivity contribution is 0.0346. The van der Waals surface area contributed by atoms with Gasteiger partial charge in [0.15, 0.2) is 11.5 Å². The molecule has 0 radical (unpaired) electrons. The zero-order chi connectivity index (χ0) is 13.7. The third-order valence-corrected chi connectivity index (χ3v) is 3.02. The first-order chi connectivity index (χ1) is 9.24. The van der Waals surface area contributed by atoms with Gasteiger partial charge in [-0.25, -0.2) is 0 Å². The zero-order valence-corrected chi connectivity index (χ0v) is 11.6. The van der Waals surface area contributed by atoms with Gasteiger partial charge in [-0.3, -0.25) is 0 Å². The van der Waals surface area contributed by atoms with Crippen LogP contribution >= 0.6 is 0 Å².